The van der Waals surface area contributed by atoms with E-state index in [0.29, 0.717) is 0 Å². The number of hydrogen-bond acceptors (Lipinski definition) is 2. The zero-order chi connectivity index (χ0) is 8.43. The second-order valence-electron chi connectivity index (χ2n) is 1.76. The summed E-state index contributed by atoms with van der Waals surface area (Å²) in [6.07, 6.45) is 0. The van der Waals surface area contributed by atoms with E-state index in [0.717, 1.165) is 6.07 Å². The third-order valence-corrected chi connectivity index (χ3v) is 2.12. The molecule has 0 radical (unpaired) electrons. The summed E-state index contributed by atoms with van der Waals surface area (Å²) >= 11 is 5.58. The number of halogens is 3. The molecule has 1 aromatic carbocycles. The Kier molecular flexibility index (Phi) is 2.70. The van der Waals surface area contributed by atoms with E-state index in [9.17, 15) is 8.78 Å². The van der Waals surface area contributed by atoms with Crippen molar-refractivity contribution in [1.82, 2.24) is 0 Å². The summed E-state index contributed by atoms with van der Waals surface area (Å²) in [6.45, 7) is 0. The summed E-state index contributed by atoms with van der Waals surface area (Å²) in [4.78, 5) is 0.102. The van der Waals surface area contributed by atoms with Crippen LogP contribution in [0, 0.1) is 11.6 Å². The zero-order valence-corrected chi connectivity index (χ0v) is 6.72. The number of hydrogen-bond donors (Lipinski definition) is 1. The number of benzene rings is 1. The third kappa shape index (κ3) is 1.64. The molecular weight excluding hydrogens is 194 g/mol. The predicted octanol–water partition coefficient (Wildman–Crippen LogP) is 3.18. The molecule has 0 saturated carbocycles. The monoisotopic (exact) mass is 196 g/mol. The largest absolute Gasteiger partial charge is 0.325 e. The Morgan fingerprint density at radius 1 is 1.36 bits per heavy atom. The molecule has 11 heavy (non-hydrogen) atoms. The molecule has 0 fully saturated rings. The normalized spacial score (nSPS) is 10.2. The molecule has 1 N–H and O–H groups in total. The maximum Gasteiger partial charge on any atom is 0.178 e. The Morgan fingerprint density at radius 3 is 2.55 bits per heavy atom. The first-order valence-corrected chi connectivity index (χ1v) is 3.77. The topological polar surface area (TPSA) is 20.2 Å². The van der Waals surface area contributed by atoms with Crippen molar-refractivity contribution in [2.75, 3.05) is 0 Å². The van der Waals surface area contributed by atoms with Gasteiger partial charge in [0.05, 0.1) is 9.92 Å². The predicted molar refractivity (Wildman–Crippen MR) is 39.9 cm³/mol. The fourth-order valence-corrected chi connectivity index (χ4v) is 1.13. The molecule has 5 heteroatoms. The van der Waals surface area contributed by atoms with Gasteiger partial charge in [-0.3, -0.25) is 0 Å². The molecule has 0 aliphatic carbocycles. The van der Waals surface area contributed by atoms with Gasteiger partial charge in [-0.2, -0.15) is 0 Å². The van der Waals surface area contributed by atoms with Crippen molar-refractivity contribution >= 4 is 23.6 Å². The average Bonchev–Trinajstić information content (AvgIpc) is 2.01. The lowest BCUT2D eigenvalue weighted by molar-refractivity contribution is 0.506. The first kappa shape index (κ1) is 8.77. The van der Waals surface area contributed by atoms with Crippen molar-refractivity contribution in [3.05, 3.63) is 28.8 Å². The lowest BCUT2D eigenvalue weighted by atomic mass is 10.3. The van der Waals surface area contributed by atoms with E-state index in [4.69, 9.17) is 16.2 Å². The second kappa shape index (κ2) is 3.38. The van der Waals surface area contributed by atoms with Gasteiger partial charge in [-0.25, -0.2) is 8.78 Å². The molecule has 0 heterocycles. The molecule has 1 rings (SSSR count). The fraction of sp³-hybridized carbons (Fsp3) is 0. The third-order valence-electron chi connectivity index (χ3n) is 1.10. The van der Waals surface area contributed by atoms with Crippen molar-refractivity contribution in [3.8, 4) is 0 Å². The van der Waals surface area contributed by atoms with Crippen LogP contribution in [-0.4, -0.2) is 4.55 Å². The van der Waals surface area contributed by atoms with Gasteiger partial charge < -0.3 is 4.55 Å². The smallest absolute Gasteiger partial charge is 0.178 e. The molecule has 0 aromatic heterocycles. The molecule has 0 aliphatic heterocycles. The van der Waals surface area contributed by atoms with Crippen LogP contribution in [-0.2, 0) is 0 Å². The molecule has 0 unspecified atom stereocenters. The first-order valence-electron chi connectivity index (χ1n) is 2.61. The second-order valence-corrected chi connectivity index (χ2v) is 2.77. The van der Waals surface area contributed by atoms with E-state index in [1.165, 1.54) is 6.07 Å². The molecule has 0 atom stereocenters. The molecule has 0 amide bonds. The van der Waals surface area contributed by atoms with Crippen LogP contribution in [0.15, 0.2) is 17.0 Å². The van der Waals surface area contributed by atoms with Gasteiger partial charge in [-0.15, -0.1) is 0 Å². The highest BCUT2D eigenvalue weighted by Crippen LogP contribution is 2.28. The minimum Gasteiger partial charge on any atom is -0.325 e. The molecule has 0 saturated heterocycles. The van der Waals surface area contributed by atoms with Gasteiger partial charge in [0, 0.05) is 12.0 Å². The van der Waals surface area contributed by atoms with Crippen LogP contribution < -0.4 is 0 Å². The summed E-state index contributed by atoms with van der Waals surface area (Å²) in [5, 5.41) is -0.391. The van der Waals surface area contributed by atoms with Gasteiger partial charge in [0.25, 0.3) is 0 Å². The van der Waals surface area contributed by atoms with Gasteiger partial charge in [0.2, 0.25) is 0 Å². The highest BCUT2D eigenvalue weighted by atomic mass is 35.5. The Morgan fingerprint density at radius 2 is 2.00 bits per heavy atom. The maximum absolute atomic E-state index is 12.5. The van der Waals surface area contributed by atoms with Gasteiger partial charge in [-0.05, 0) is 12.1 Å². The summed E-state index contributed by atoms with van der Waals surface area (Å²) < 4.78 is 33.4. The minimum absolute atomic E-state index is 0.102. The minimum atomic E-state index is -1.13. The van der Waals surface area contributed by atoms with Crippen LogP contribution in [0.3, 0.4) is 0 Å². The lowest BCUT2D eigenvalue weighted by Crippen LogP contribution is -1.86. The van der Waals surface area contributed by atoms with Gasteiger partial charge in [0.1, 0.15) is 0 Å². The fourth-order valence-electron chi connectivity index (χ4n) is 0.579. The molecule has 0 bridgehead atoms. The van der Waals surface area contributed by atoms with Crippen molar-refractivity contribution in [2.24, 2.45) is 0 Å². The van der Waals surface area contributed by atoms with Crippen molar-refractivity contribution in [2.45, 2.75) is 4.90 Å². The first-order chi connectivity index (χ1) is 5.16. The summed E-state index contributed by atoms with van der Waals surface area (Å²) in [5.41, 5.74) is 0. The van der Waals surface area contributed by atoms with Crippen molar-refractivity contribution in [3.63, 3.8) is 0 Å². The summed E-state index contributed by atoms with van der Waals surface area (Å²) in [6, 6.07) is 2.10. The van der Waals surface area contributed by atoms with Crippen LogP contribution >= 0.6 is 23.6 Å². The van der Waals surface area contributed by atoms with E-state index in [2.05, 4.69) is 0 Å². The molecular formula is C6H3ClF2OS. The van der Waals surface area contributed by atoms with E-state index < -0.39 is 16.7 Å². The Labute approximate surface area is 71.2 Å². The SMILES string of the molecule is OSc1ccc(F)c(F)c1Cl. The Bertz CT molecular complexity index is 280. The molecule has 60 valence electrons. The van der Waals surface area contributed by atoms with E-state index in [1.807, 2.05) is 0 Å². The van der Waals surface area contributed by atoms with Crippen LogP contribution in [0.25, 0.3) is 0 Å². The molecule has 0 aliphatic rings. The van der Waals surface area contributed by atoms with Crippen LogP contribution in [0.1, 0.15) is 0 Å². The van der Waals surface area contributed by atoms with Crippen LogP contribution in [0.4, 0.5) is 8.78 Å². The van der Waals surface area contributed by atoms with Crippen LogP contribution in [0.2, 0.25) is 5.02 Å². The van der Waals surface area contributed by atoms with Crippen molar-refractivity contribution in [1.29, 1.82) is 0 Å². The Hall–Kier alpha value is -0.320. The highest BCUT2D eigenvalue weighted by Gasteiger charge is 2.10. The van der Waals surface area contributed by atoms with Gasteiger partial charge in [0.15, 0.2) is 11.6 Å². The summed E-state index contributed by atoms with van der Waals surface area (Å²) in [7, 11) is 0. The molecule has 1 nitrogen and oxygen atoms in total. The van der Waals surface area contributed by atoms with Crippen molar-refractivity contribution < 1.29 is 13.3 Å². The quantitative estimate of drug-likeness (QED) is 0.550. The molecule has 1 aromatic rings. The number of rotatable bonds is 1. The van der Waals surface area contributed by atoms with E-state index >= 15 is 0 Å². The molecule has 0 spiro atoms. The maximum atomic E-state index is 12.5. The van der Waals surface area contributed by atoms with Crippen LogP contribution in [0.5, 0.6) is 0 Å². The summed E-state index contributed by atoms with van der Waals surface area (Å²) in [5.74, 6) is -2.15. The zero-order valence-electron chi connectivity index (χ0n) is 5.14. The average molecular weight is 197 g/mol. The lowest BCUT2D eigenvalue weighted by Gasteiger charge is -1.99. The standard InChI is InChI=1S/C6H3ClF2OS/c7-5-4(11-10)2-1-3(8)6(5)9/h1-2,10H. The highest BCUT2D eigenvalue weighted by molar-refractivity contribution is 7.93. The van der Waals surface area contributed by atoms with Gasteiger partial charge >= 0.3 is 0 Å². The van der Waals surface area contributed by atoms with Gasteiger partial charge in [-0.1, -0.05) is 11.6 Å². The van der Waals surface area contributed by atoms with E-state index in [1.54, 1.807) is 0 Å². The Balaban J connectivity index is 3.25. The van der Waals surface area contributed by atoms with E-state index in [-0.39, 0.29) is 16.9 Å².